The van der Waals surface area contributed by atoms with Gasteiger partial charge in [0.05, 0.1) is 26.3 Å². The fourth-order valence-electron chi connectivity index (χ4n) is 4.58. The molecule has 2 aromatic carbocycles. The smallest absolute Gasteiger partial charge is 0.387 e. The minimum Gasteiger partial charge on any atom is -0.427 e. The molecule has 6 nitrogen and oxygen atoms in total. The molecule has 0 amide bonds. The fraction of sp³-hybridized carbons (Fsp3) is 0.278. The van der Waals surface area contributed by atoms with E-state index in [-0.39, 0.29) is 16.3 Å². The predicted octanol–water partition coefficient (Wildman–Crippen LogP) is 3.33. The zero-order chi connectivity index (χ0) is 21.6. The molecule has 158 valence electrons. The van der Waals surface area contributed by atoms with Crippen LogP contribution in [0.5, 0.6) is 5.75 Å². The quantitative estimate of drug-likeness (QED) is 0.521. The van der Waals surface area contributed by atoms with Crippen molar-refractivity contribution in [1.82, 2.24) is 4.48 Å². The number of alkyl halides is 2. The Kier molecular flexibility index (Phi) is 4.55. The number of hydrogen-bond acceptors (Lipinski definition) is 4. The number of nitrogens with zero attached hydrogens (tertiary/aromatic N) is 3. The number of sulfonamides is 1. The van der Waals surface area contributed by atoms with Crippen LogP contribution < -0.4 is 24.1 Å². The molecule has 30 heavy (non-hydrogen) atoms. The van der Waals surface area contributed by atoms with Gasteiger partial charge in [-0.25, -0.2) is 17.2 Å². The lowest BCUT2D eigenvalue weighted by Crippen LogP contribution is -2.74. The van der Waals surface area contributed by atoms with Gasteiger partial charge in [0.15, 0.2) is 6.04 Å². The van der Waals surface area contributed by atoms with Crippen LogP contribution in [-0.2, 0) is 10.0 Å². The van der Waals surface area contributed by atoms with Crippen molar-refractivity contribution < 1.29 is 21.9 Å². The molecular weight excluding hydrogens is 572 g/mol. The molecule has 1 unspecified atom stereocenters. The van der Waals surface area contributed by atoms with Crippen LogP contribution in [0.2, 0.25) is 5.02 Å². The van der Waals surface area contributed by atoms with E-state index >= 15 is 0 Å². The highest BCUT2D eigenvalue weighted by Crippen LogP contribution is 2.59. The lowest BCUT2D eigenvalue weighted by atomic mass is 10.0. The molecule has 3 aliphatic rings. The normalized spacial score (nSPS) is 26.0. The summed E-state index contributed by atoms with van der Waals surface area (Å²) in [4.78, 5) is 4.76. The van der Waals surface area contributed by atoms with Crippen molar-refractivity contribution >= 4 is 71.1 Å². The van der Waals surface area contributed by atoms with E-state index in [9.17, 15) is 17.2 Å². The molecule has 5 rings (SSSR count). The van der Waals surface area contributed by atoms with Crippen molar-refractivity contribution in [2.24, 2.45) is 4.99 Å². The van der Waals surface area contributed by atoms with Crippen LogP contribution in [-0.4, -0.2) is 40.0 Å². The Morgan fingerprint density at radius 1 is 1.30 bits per heavy atom. The van der Waals surface area contributed by atoms with Gasteiger partial charge in [0.25, 0.3) is 0 Å². The summed E-state index contributed by atoms with van der Waals surface area (Å²) < 4.78 is 59.1. The molecule has 0 aliphatic carbocycles. The zero-order valence-electron chi connectivity index (χ0n) is 15.2. The van der Waals surface area contributed by atoms with Gasteiger partial charge in [-0.05, 0) is 56.1 Å². The highest BCUT2D eigenvalue weighted by atomic mass is 79.9. The van der Waals surface area contributed by atoms with E-state index in [0.717, 1.165) is 6.26 Å². The maximum atomic E-state index is 13.2. The first kappa shape index (κ1) is 20.6. The number of benzene rings is 2. The molecule has 0 radical (unpaired) electrons. The van der Waals surface area contributed by atoms with Gasteiger partial charge in [-0.15, -0.1) is 0 Å². The maximum Gasteiger partial charge on any atom is 0.387 e. The Bertz CT molecular complexity index is 1340. The van der Waals surface area contributed by atoms with E-state index in [2.05, 4.69) is 31.9 Å². The Morgan fingerprint density at radius 3 is 2.70 bits per heavy atom. The lowest BCUT2D eigenvalue weighted by Gasteiger charge is -2.49. The van der Waals surface area contributed by atoms with Crippen LogP contribution in [0, 0.1) is 0 Å². The van der Waals surface area contributed by atoms with Crippen molar-refractivity contribution in [3.05, 3.63) is 48.8 Å². The average molecular weight is 585 g/mol. The number of halogens is 5. The highest BCUT2D eigenvalue weighted by molar-refractivity contribution is 9.10. The van der Waals surface area contributed by atoms with Crippen molar-refractivity contribution in [2.75, 3.05) is 17.1 Å². The Labute approximate surface area is 192 Å². The summed E-state index contributed by atoms with van der Waals surface area (Å²) in [6, 6.07) is 6.24. The predicted molar refractivity (Wildman–Crippen MR) is 117 cm³/mol. The van der Waals surface area contributed by atoms with Crippen molar-refractivity contribution in [2.45, 2.75) is 18.8 Å². The minimum atomic E-state index is -3.73. The van der Waals surface area contributed by atoms with Gasteiger partial charge in [-0.2, -0.15) is 8.78 Å². The van der Waals surface area contributed by atoms with E-state index in [1.807, 2.05) is 6.20 Å². The Balaban J connectivity index is 1.87. The molecular formula is C18H13Br2ClF2N3O3S+. The summed E-state index contributed by atoms with van der Waals surface area (Å²) in [7, 11) is -3.73. The standard InChI is InChI=1S/C18H13Br2ClF2N3O3S/c1-30(27,28)25-14-3-2-9(19)16(29-18(22)23)15(14)26-6-8-4-11(21)10(20)5-12(8)24-13(7-26)17(25)26/h2-6,13,17-18H,7H2,1H3/q+1/t13-,17?,26+/m1/s1. The summed E-state index contributed by atoms with van der Waals surface area (Å²) in [5.41, 5.74) is 0.667. The second kappa shape index (κ2) is 6.61. The number of hydrogen-bond donors (Lipinski definition) is 0. The summed E-state index contributed by atoms with van der Waals surface area (Å²) in [5.74, 6) is -0.0833. The first-order valence-electron chi connectivity index (χ1n) is 8.73. The number of fused-ring (bicyclic) bond motifs is 4. The molecule has 0 N–H and O–H groups in total. The van der Waals surface area contributed by atoms with Crippen molar-refractivity contribution in [3.63, 3.8) is 0 Å². The van der Waals surface area contributed by atoms with Crippen LogP contribution in [0.25, 0.3) is 6.20 Å². The van der Waals surface area contributed by atoms with Gasteiger partial charge in [0.1, 0.15) is 18.4 Å². The SMILES string of the molecule is CS(=O)(=O)N1c2ccc(Br)c(OC(F)F)c2[N@+]23C=c4cc(Cl)c(Br)cc4=N[C@H](C2)C13. The van der Waals surface area contributed by atoms with Crippen LogP contribution in [0.1, 0.15) is 0 Å². The maximum absolute atomic E-state index is 13.2. The van der Waals surface area contributed by atoms with E-state index in [0.29, 0.717) is 42.5 Å². The molecule has 1 saturated heterocycles. The van der Waals surface area contributed by atoms with Crippen LogP contribution in [0.15, 0.2) is 38.2 Å². The molecule has 3 heterocycles. The molecule has 12 heteroatoms. The average Bonchev–Trinajstić information content (AvgIpc) is 2.72. The molecule has 3 atom stereocenters. The third kappa shape index (κ3) is 2.78. The first-order valence-corrected chi connectivity index (χ1v) is 12.5. The minimum absolute atomic E-state index is 0.00300. The highest BCUT2D eigenvalue weighted by Gasteiger charge is 2.68. The Hall–Kier alpha value is -1.27. The second-order valence-electron chi connectivity index (χ2n) is 7.36. The topological polar surface area (TPSA) is 59.0 Å². The number of anilines is 1. The van der Waals surface area contributed by atoms with E-state index in [1.165, 1.54) is 10.4 Å². The van der Waals surface area contributed by atoms with Gasteiger partial charge in [-0.3, -0.25) is 4.99 Å². The second-order valence-corrected chi connectivity index (χ2v) is 11.3. The van der Waals surface area contributed by atoms with E-state index < -0.39 is 22.8 Å². The van der Waals surface area contributed by atoms with Crippen LogP contribution in [0.4, 0.5) is 20.2 Å². The molecule has 1 fully saturated rings. The summed E-state index contributed by atoms with van der Waals surface area (Å²) in [5, 5.41) is 1.81. The van der Waals surface area contributed by atoms with Crippen molar-refractivity contribution in [1.29, 1.82) is 0 Å². The monoisotopic (exact) mass is 582 g/mol. The van der Waals surface area contributed by atoms with Crippen LogP contribution >= 0.6 is 43.5 Å². The molecule has 1 spiro atoms. The van der Waals surface area contributed by atoms with E-state index in [4.69, 9.17) is 21.3 Å². The number of quaternary nitrogens is 1. The summed E-state index contributed by atoms with van der Waals surface area (Å²) >= 11 is 12.9. The molecule has 2 bridgehead atoms. The lowest BCUT2D eigenvalue weighted by molar-refractivity contribution is -0.0511. The number of rotatable bonds is 3. The third-order valence-electron chi connectivity index (χ3n) is 5.57. The van der Waals surface area contributed by atoms with Crippen LogP contribution in [0.3, 0.4) is 0 Å². The molecule has 0 aromatic heterocycles. The van der Waals surface area contributed by atoms with Gasteiger partial charge >= 0.3 is 6.61 Å². The van der Waals surface area contributed by atoms with Gasteiger partial charge in [0.2, 0.25) is 27.6 Å². The van der Waals surface area contributed by atoms with Crippen molar-refractivity contribution in [3.8, 4) is 5.75 Å². The summed E-state index contributed by atoms with van der Waals surface area (Å²) in [6.07, 6.45) is 2.30. The molecule has 2 aromatic rings. The largest absolute Gasteiger partial charge is 0.427 e. The summed E-state index contributed by atoms with van der Waals surface area (Å²) in [6.45, 7) is -2.66. The Morgan fingerprint density at radius 2 is 2.03 bits per heavy atom. The third-order valence-corrected chi connectivity index (χ3v) is 8.52. The van der Waals surface area contributed by atoms with Gasteiger partial charge in [0, 0.05) is 4.47 Å². The van der Waals surface area contributed by atoms with E-state index in [1.54, 1.807) is 18.2 Å². The zero-order valence-corrected chi connectivity index (χ0v) is 19.9. The number of ether oxygens (including phenoxy) is 1. The fourth-order valence-corrected chi connectivity index (χ4v) is 6.70. The molecule has 0 saturated carbocycles. The van der Waals surface area contributed by atoms with Gasteiger partial charge < -0.3 is 4.74 Å². The first-order chi connectivity index (χ1) is 14.0. The van der Waals surface area contributed by atoms with Gasteiger partial charge in [-0.1, -0.05) is 11.6 Å². The molecule has 3 aliphatic heterocycles.